The van der Waals surface area contributed by atoms with Crippen LogP contribution in [0.15, 0.2) is 36.7 Å². The largest absolute Gasteiger partial charge is 0.461 e. The van der Waals surface area contributed by atoms with Crippen LogP contribution < -0.4 is 10.5 Å². The van der Waals surface area contributed by atoms with Gasteiger partial charge in [0, 0.05) is 23.3 Å². The fraction of sp³-hybridized carbons (Fsp3) is 0.200. The summed E-state index contributed by atoms with van der Waals surface area (Å²) in [5.74, 6) is 0.589. The van der Waals surface area contributed by atoms with Gasteiger partial charge in [-0.3, -0.25) is 4.98 Å². The van der Waals surface area contributed by atoms with Crippen LogP contribution in [0.2, 0.25) is 0 Å². The van der Waals surface area contributed by atoms with E-state index >= 15 is 0 Å². The smallest absolute Gasteiger partial charge is 0.322 e. The summed E-state index contributed by atoms with van der Waals surface area (Å²) in [6, 6.07) is 8.13. The van der Waals surface area contributed by atoms with E-state index in [1.165, 1.54) is 0 Å². The predicted octanol–water partition coefficient (Wildman–Crippen LogP) is 2.46. The van der Waals surface area contributed by atoms with E-state index in [4.69, 9.17) is 10.5 Å². The summed E-state index contributed by atoms with van der Waals surface area (Å²) in [4.78, 5) is 16.7. The second-order valence-corrected chi connectivity index (χ2v) is 4.87. The molecule has 106 valence electrons. The van der Waals surface area contributed by atoms with Crippen LogP contribution in [0, 0.1) is 0 Å². The first-order valence-corrected chi connectivity index (χ1v) is 6.65. The van der Waals surface area contributed by atoms with Crippen molar-refractivity contribution in [3.63, 3.8) is 0 Å². The molecule has 2 heterocycles. The molecule has 0 fully saturated rings. The molecule has 0 atom stereocenters. The number of nitrogens with two attached hydrogens (primary N) is 1. The van der Waals surface area contributed by atoms with Crippen molar-refractivity contribution < 1.29 is 4.74 Å². The highest BCUT2D eigenvalue weighted by molar-refractivity contribution is 5.94. The SMILES string of the molecule is CC(C)Oc1nc(N)nc(-c2cncc3ccccc23)n1. The van der Waals surface area contributed by atoms with Crippen LogP contribution in [0.1, 0.15) is 13.8 Å². The van der Waals surface area contributed by atoms with Crippen LogP contribution in [0.5, 0.6) is 6.01 Å². The number of rotatable bonds is 3. The van der Waals surface area contributed by atoms with Crippen molar-refractivity contribution in [3.8, 4) is 17.4 Å². The zero-order valence-corrected chi connectivity index (χ0v) is 11.8. The maximum atomic E-state index is 5.75. The number of hydrogen-bond acceptors (Lipinski definition) is 6. The Hall–Kier alpha value is -2.76. The van der Waals surface area contributed by atoms with Crippen LogP contribution in [0.3, 0.4) is 0 Å². The van der Waals surface area contributed by atoms with Crippen molar-refractivity contribution >= 4 is 16.7 Å². The maximum Gasteiger partial charge on any atom is 0.322 e. The van der Waals surface area contributed by atoms with Crippen molar-refractivity contribution in [2.24, 2.45) is 0 Å². The van der Waals surface area contributed by atoms with Gasteiger partial charge in [0.1, 0.15) is 0 Å². The number of aromatic nitrogens is 4. The molecule has 2 N–H and O–H groups in total. The van der Waals surface area contributed by atoms with Gasteiger partial charge in [0.25, 0.3) is 0 Å². The topological polar surface area (TPSA) is 86.8 Å². The first-order chi connectivity index (χ1) is 10.1. The molecule has 0 aliphatic heterocycles. The Kier molecular flexibility index (Phi) is 3.35. The van der Waals surface area contributed by atoms with Crippen LogP contribution in [0.4, 0.5) is 5.95 Å². The highest BCUT2D eigenvalue weighted by atomic mass is 16.5. The minimum atomic E-state index is -0.0368. The van der Waals surface area contributed by atoms with Gasteiger partial charge in [0.2, 0.25) is 5.95 Å². The standard InChI is InChI=1S/C15H15N5O/c1-9(2)21-15-19-13(18-14(16)20-15)12-8-17-7-10-5-3-4-6-11(10)12/h3-9H,1-2H3,(H2,16,18,19,20). The summed E-state index contributed by atoms with van der Waals surface area (Å²) in [5.41, 5.74) is 6.56. The van der Waals surface area contributed by atoms with E-state index in [1.807, 2.05) is 38.1 Å². The molecule has 1 aromatic carbocycles. The van der Waals surface area contributed by atoms with E-state index in [1.54, 1.807) is 12.4 Å². The van der Waals surface area contributed by atoms with Gasteiger partial charge in [-0.15, -0.1) is 0 Å². The molecule has 0 radical (unpaired) electrons. The quantitative estimate of drug-likeness (QED) is 0.793. The minimum absolute atomic E-state index is 0.0368. The summed E-state index contributed by atoms with van der Waals surface area (Å²) >= 11 is 0. The zero-order valence-electron chi connectivity index (χ0n) is 11.8. The van der Waals surface area contributed by atoms with Crippen LogP contribution in [-0.2, 0) is 0 Å². The van der Waals surface area contributed by atoms with E-state index in [9.17, 15) is 0 Å². The lowest BCUT2D eigenvalue weighted by Crippen LogP contribution is -2.11. The summed E-state index contributed by atoms with van der Waals surface area (Å²) in [5, 5.41) is 2.02. The van der Waals surface area contributed by atoms with E-state index < -0.39 is 0 Å². The lowest BCUT2D eigenvalue weighted by Gasteiger charge is -2.10. The maximum absolute atomic E-state index is 5.75. The molecule has 6 heteroatoms. The van der Waals surface area contributed by atoms with Crippen LogP contribution in [-0.4, -0.2) is 26.0 Å². The molecule has 6 nitrogen and oxygen atoms in total. The summed E-state index contributed by atoms with van der Waals surface area (Å²) in [7, 11) is 0. The highest BCUT2D eigenvalue weighted by Gasteiger charge is 2.12. The molecule has 3 rings (SSSR count). The molecule has 0 saturated heterocycles. The third-order valence-electron chi connectivity index (χ3n) is 2.88. The van der Waals surface area contributed by atoms with Crippen molar-refractivity contribution in [2.45, 2.75) is 20.0 Å². The Bertz CT molecular complexity index is 783. The van der Waals surface area contributed by atoms with Gasteiger partial charge < -0.3 is 10.5 Å². The van der Waals surface area contributed by atoms with Crippen molar-refractivity contribution in [3.05, 3.63) is 36.7 Å². The van der Waals surface area contributed by atoms with Gasteiger partial charge >= 0.3 is 6.01 Å². The second-order valence-electron chi connectivity index (χ2n) is 4.87. The summed E-state index contributed by atoms with van der Waals surface area (Å²) in [6.45, 7) is 3.80. The summed E-state index contributed by atoms with van der Waals surface area (Å²) < 4.78 is 5.51. The molecule has 0 aliphatic carbocycles. The lowest BCUT2D eigenvalue weighted by atomic mass is 10.1. The monoisotopic (exact) mass is 281 g/mol. The Morgan fingerprint density at radius 1 is 1.05 bits per heavy atom. The predicted molar refractivity (Wildman–Crippen MR) is 80.7 cm³/mol. The fourth-order valence-electron chi connectivity index (χ4n) is 2.05. The fourth-order valence-corrected chi connectivity index (χ4v) is 2.05. The minimum Gasteiger partial charge on any atom is -0.461 e. The van der Waals surface area contributed by atoms with Crippen molar-refractivity contribution in [1.82, 2.24) is 19.9 Å². The molecular formula is C15H15N5O. The lowest BCUT2D eigenvalue weighted by molar-refractivity contribution is 0.222. The molecule has 0 amide bonds. The number of benzene rings is 1. The van der Waals surface area contributed by atoms with Crippen molar-refractivity contribution in [2.75, 3.05) is 5.73 Å². The molecular weight excluding hydrogens is 266 g/mol. The molecule has 2 aromatic heterocycles. The molecule has 0 aliphatic rings. The molecule has 21 heavy (non-hydrogen) atoms. The molecule has 0 spiro atoms. The summed E-state index contributed by atoms with van der Waals surface area (Å²) in [6.07, 6.45) is 3.48. The first kappa shape index (κ1) is 13.2. The Morgan fingerprint density at radius 3 is 2.67 bits per heavy atom. The Balaban J connectivity index is 2.16. The molecule has 0 unspecified atom stereocenters. The van der Waals surface area contributed by atoms with E-state index in [2.05, 4.69) is 19.9 Å². The highest BCUT2D eigenvalue weighted by Crippen LogP contribution is 2.26. The van der Waals surface area contributed by atoms with Gasteiger partial charge in [-0.05, 0) is 19.2 Å². The van der Waals surface area contributed by atoms with E-state index in [0.29, 0.717) is 5.82 Å². The molecule has 0 saturated carbocycles. The third kappa shape index (κ3) is 2.74. The van der Waals surface area contributed by atoms with Gasteiger partial charge in [-0.2, -0.15) is 15.0 Å². The Morgan fingerprint density at radius 2 is 1.86 bits per heavy atom. The van der Waals surface area contributed by atoms with Gasteiger partial charge in [-0.1, -0.05) is 24.3 Å². The number of ether oxygens (including phenoxy) is 1. The second kappa shape index (κ2) is 5.32. The van der Waals surface area contributed by atoms with Crippen LogP contribution in [0.25, 0.3) is 22.2 Å². The third-order valence-corrected chi connectivity index (χ3v) is 2.88. The van der Waals surface area contributed by atoms with E-state index in [0.717, 1.165) is 16.3 Å². The number of fused-ring (bicyclic) bond motifs is 1. The number of nitrogens with zero attached hydrogens (tertiary/aromatic N) is 4. The first-order valence-electron chi connectivity index (χ1n) is 6.65. The van der Waals surface area contributed by atoms with Gasteiger partial charge in [-0.25, -0.2) is 0 Å². The number of nitrogen functional groups attached to an aromatic ring is 1. The molecule has 3 aromatic rings. The van der Waals surface area contributed by atoms with Crippen molar-refractivity contribution in [1.29, 1.82) is 0 Å². The number of anilines is 1. The Labute approximate surface area is 122 Å². The average molecular weight is 281 g/mol. The normalized spacial score (nSPS) is 11.0. The molecule has 0 bridgehead atoms. The van der Waals surface area contributed by atoms with Gasteiger partial charge in [0.15, 0.2) is 5.82 Å². The zero-order chi connectivity index (χ0) is 14.8. The van der Waals surface area contributed by atoms with Gasteiger partial charge in [0.05, 0.1) is 6.10 Å². The van der Waals surface area contributed by atoms with Crippen LogP contribution >= 0.6 is 0 Å². The van der Waals surface area contributed by atoms with E-state index in [-0.39, 0.29) is 18.1 Å². The average Bonchev–Trinajstić information content (AvgIpc) is 2.45. The number of pyridine rings is 1. The number of hydrogen-bond donors (Lipinski definition) is 1.